The Hall–Kier alpha value is -3.71. The Bertz CT molecular complexity index is 1330. The predicted octanol–water partition coefficient (Wildman–Crippen LogP) is 4.35. The minimum atomic E-state index is -4.56. The molecule has 2 aliphatic rings. The van der Waals surface area contributed by atoms with Crippen molar-refractivity contribution >= 4 is 23.0 Å². The van der Waals surface area contributed by atoms with Gasteiger partial charge in [0.25, 0.3) is 5.91 Å². The summed E-state index contributed by atoms with van der Waals surface area (Å²) >= 11 is 0. The van der Waals surface area contributed by atoms with E-state index in [1.165, 1.54) is 18.4 Å². The van der Waals surface area contributed by atoms with Gasteiger partial charge in [-0.1, -0.05) is 18.1 Å². The summed E-state index contributed by atoms with van der Waals surface area (Å²) in [5, 5.41) is 8.30. The normalized spacial score (nSPS) is 20.6. The molecule has 14 heteroatoms. The van der Waals surface area contributed by atoms with E-state index >= 15 is 0 Å². The van der Waals surface area contributed by atoms with Gasteiger partial charge in [0.1, 0.15) is 23.9 Å². The summed E-state index contributed by atoms with van der Waals surface area (Å²) in [6, 6.07) is 0.872. The fraction of sp³-hybridized carbons (Fsp3) is 0.478. The van der Waals surface area contributed by atoms with Gasteiger partial charge >= 0.3 is 12.2 Å². The van der Waals surface area contributed by atoms with Crippen molar-refractivity contribution in [2.24, 2.45) is 5.92 Å². The van der Waals surface area contributed by atoms with Crippen LogP contribution in [0.25, 0.3) is 11.1 Å². The second kappa shape index (κ2) is 8.99. The molecule has 5 rings (SSSR count). The highest BCUT2D eigenvalue weighted by molar-refractivity contribution is 5.93. The molecule has 0 bridgehead atoms. The summed E-state index contributed by atoms with van der Waals surface area (Å²) in [6.07, 6.45) is -3.68. The summed E-state index contributed by atoms with van der Waals surface area (Å²) < 4.78 is 76.9. The van der Waals surface area contributed by atoms with Gasteiger partial charge in [-0.05, 0) is 30.0 Å². The lowest BCUT2D eigenvalue weighted by atomic mass is 9.76. The topological polar surface area (TPSA) is 114 Å². The molecule has 37 heavy (non-hydrogen) atoms. The molecule has 3 amide bonds. The third-order valence-electron chi connectivity index (χ3n) is 6.61. The summed E-state index contributed by atoms with van der Waals surface area (Å²) in [7, 11) is 0. The maximum atomic E-state index is 13.7. The molecule has 9 nitrogen and oxygen atoms in total. The van der Waals surface area contributed by atoms with Crippen LogP contribution >= 0.6 is 0 Å². The molecule has 1 saturated heterocycles. The number of carbonyl (C=O) groups excluding carboxylic acids is 2. The quantitative estimate of drug-likeness (QED) is 0.442. The second-order valence-electron chi connectivity index (χ2n) is 9.30. The Morgan fingerprint density at radius 3 is 2.73 bits per heavy atom. The third kappa shape index (κ3) is 4.96. The summed E-state index contributed by atoms with van der Waals surface area (Å²) in [4.78, 5) is 30.2. The van der Waals surface area contributed by atoms with Crippen LogP contribution in [0.4, 0.5) is 26.7 Å². The van der Waals surface area contributed by atoms with Gasteiger partial charge < -0.3 is 24.5 Å². The number of amides is 3. The number of urea groups is 1. The number of carbonyl (C=O) groups is 2. The van der Waals surface area contributed by atoms with E-state index in [1.807, 2.05) is 5.32 Å². The number of alkyl halides is 5. The first-order valence-electron chi connectivity index (χ1n) is 11.6. The highest BCUT2D eigenvalue weighted by Crippen LogP contribution is 2.48. The molecular formula is C23H22F5N5O4. The number of aromatic nitrogens is 2. The molecule has 1 aromatic carbocycles. The smallest absolute Gasteiger partial charge is 0.410 e. The molecule has 1 saturated carbocycles. The molecule has 2 atom stereocenters. The predicted molar refractivity (Wildman–Crippen MR) is 117 cm³/mol. The molecule has 2 aromatic heterocycles. The van der Waals surface area contributed by atoms with E-state index in [9.17, 15) is 31.5 Å². The number of fused-ring (bicyclic) bond motifs is 1. The van der Waals surface area contributed by atoms with Crippen molar-refractivity contribution < 1.29 is 40.5 Å². The van der Waals surface area contributed by atoms with Gasteiger partial charge in [0.2, 0.25) is 11.8 Å². The number of nitrogens with zero attached hydrogens (tertiary/aromatic N) is 3. The molecule has 1 aliphatic heterocycles. The number of halogens is 5. The van der Waals surface area contributed by atoms with Crippen molar-refractivity contribution in [1.82, 2.24) is 25.7 Å². The van der Waals surface area contributed by atoms with Crippen LogP contribution in [0.2, 0.25) is 0 Å². The molecule has 1 aliphatic carbocycles. The number of hydrogen-bond donors (Lipinski definition) is 2. The van der Waals surface area contributed by atoms with E-state index < -0.39 is 61.4 Å². The zero-order chi connectivity index (χ0) is 26.5. The van der Waals surface area contributed by atoms with Crippen molar-refractivity contribution in [3.05, 3.63) is 47.2 Å². The SMILES string of the molecule is CCc1conc1C(=O)N[C@H](c1nc2cc(CN3C[C@@H](C(F)(F)F)NC3=O)ccc2o1)C1CC(F)(F)C1. The van der Waals surface area contributed by atoms with Crippen LogP contribution < -0.4 is 10.6 Å². The van der Waals surface area contributed by atoms with E-state index in [0.29, 0.717) is 28.6 Å². The minimum Gasteiger partial charge on any atom is -0.438 e. The Labute approximate surface area is 206 Å². The second-order valence-corrected chi connectivity index (χ2v) is 9.30. The van der Waals surface area contributed by atoms with Crippen molar-refractivity contribution in [1.29, 1.82) is 0 Å². The minimum absolute atomic E-state index is 0.0126. The van der Waals surface area contributed by atoms with Gasteiger partial charge in [-0.25, -0.2) is 18.6 Å². The average molecular weight is 527 g/mol. The van der Waals surface area contributed by atoms with E-state index in [2.05, 4.69) is 15.5 Å². The number of nitrogens with one attached hydrogen (secondary N) is 2. The van der Waals surface area contributed by atoms with Crippen LogP contribution in [0.3, 0.4) is 0 Å². The van der Waals surface area contributed by atoms with Crippen molar-refractivity contribution in [3.63, 3.8) is 0 Å². The molecular weight excluding hydrogens is 505 g/mol. The molecule has 0 unspecified atom stereocenters. The van der Waals surface area contributed by atoms with Crippen LogP contribution in [-0.2, 0) is 13.0 Å². The fourth-order valence-corrected chi connectivity index (χ4v) is 4.58. The molecule has 0 radical (unpaired) electrons. The van der Waals surface area contributed by atoms with Crippen LogP contribution in [0, 0.1) is 5.92 Å². The van der Waals surface area contributed by atoms with Crippen LogP contribution in [-0.4, -0.2) is 51.7 Å². The number of benzene rings is 1. The first-order valence-corrected chi connectivity index (χ1v) is 11.6. The van der Waals surface area contributed by atoms with Gasteiger partial charge in [0, 0.05) is 24.9 Å². The third-order valence-corrected chi connectivity index (χ3v) is 6.61. The Balaban J connectivity index is 1.37. The maximum absolute atomic E-state index is 13.7. The van der Waals surface area contributed by atoms with Crippen molar-refractivity contribution in [2.75, 3.05) is 6.54 Å². The van der Waals surface area contributed by atoms with E-state index in [1.54, 1.807) is 13.0 Å². The van der Waals surface area contributed by atoms with Crippen LogP contribution in [0.1, 0.15) is 53.3 Å². The van der Waals surface area contributed by atoms with E-state index in [4.69, 9.17) is 8.94 Å². The van der Waals surface area contributed by atoms with Gasteiger partial charge in [-0.15, -0.1) is 0 Å². The first-order chi connectivity index (χ1) is 17.4. The lowest BCUT2D eigenvalue weighted by Crippen LogP contribution is -2.45. The maximum Gasteiger partial charge on any atom is 0.410 e. The monoisotopic (exact) mass is 527 g/mol. The van der Waals surface area contributed by atoms with Gasteiger partial charge in [-0.3, -0.25) is 4.79 Å². The zero-order valence-corrected chi connectivity index (χ0v) is 19.4. The summed E-state index contributed by atoms with van der Waals surface area (Å²) in [6.45, 7) is 1.18. The highest BCUT2D eigenvalue weighted by Gasteiger charge is 2.51. The molecule has 3 aromatic rings. The number of hydrogen-bond acceptors (Lipinski definition) is 6. The zero-order valence-electron chi connectivity index (χ0n) is 19.4. The molecule has 198 valence electrons. The number of oxazole rings is 1. The largest absolute Gasteiger partial charge is 0.438 e. The molecule has 3 heterocycles. The molecule has 2 fully saturated rings. The molecule has 2 N–H and O–H groups in total. The Morgan fingerprint density at radius 1 is 1.32 bits per heavy atom. The first kappa shape index (κ1) is 25.0. The lowest BCUT2D eigenvalue weighted by Gasteiger charge is -2.38. The lowest BCUT2D eigenvalue weighted by molar-refractivity contribution is -0.149. The van der Waals surface area contributed by atoms with Gasteiger partial charge in [0.15, 0.2) is 11.3 Å². The summed E-state index contributed by atoms with van der Waals surface area (Å²) in [5.41, 5.74) is 1.68. The van der Waals surface area contributed by atoms with Crippen LogP contribution in [0.5, 0.6) is 0 Å². The van der Waals surface area contributed by atoms with E-state index in [0.717, 1.165) is 4.90 Å². The number of rotatable bonds is 7. The highest BCUT2D eigenvalue weighted by atomic mass is 19.4. The van der Waals surface area contributed by atoms with Gasteiger partial charge in [0.05, 0.1) is 6.54 Å². The van der Waals surface area contributed by atoms with Gasteiger partial charge in [-0.2, -0.15) is 13.2 Å². The van der Waals surface area contributed by atoms with Crippen molar-refractivity contribution in [3.8, 4) is 0 Å². The van der Waals surface area contributed by atoms with Crippen LogP contribution in [0.15, 0.2) is 33.4 Å². The average Bonchev–Trinajstić information content (AvgIpc) is 3.53. The Kier molecular flexibility index (Phi) is 6.07. The molecule has 0 spiro atoms. The summed E-state index contributed by atoms with van der Waals surface area (Å²) in [5.74, 6) is -4.11. The Morgan fingerprint density at radius 2 is 2.08 bits per heavy atom. The number of aryl methyl sites for hydroxylation is 1. The standard InChI is InChI=1S/C23H22F5N5O4/c1-2-12-10-36-32-17(12)19(34)31-18(13-6-22(24,25)7-13)20-29-14-5-11(3-4-15(14)37-20)8-33-9-16(23(26,27)28)30-21(33)35/h3-5,10,13,16,18H,2,6-9H2,1H3,(H,30,35)(H,31,34)/t16-,18-/m0/s1. The van der Waals surface area contributed by atoms with E-state index in [-0.39, 0.29) is 18.1 Å². The van der Waals surface area contributed by atoms with Crippen molar-refractivity contribution in [2.45, 2.75) is 56.9 Å². The fourth-order valence-electron chi connectivity index (χ4n) is 4.58.